The summed E-state index contributed by atoms with van der Waals surface area (Å²) < 4.78 is 0. The van der Waals surface area contributed by atoms with Crippen LogP contribution in [0.5, 0.6) is 0 Å². The summed E-state index contributed by atoms with van der Waals surface area (Å²) in [6.07, 6.45) is 9.36. The third kappa shape index (κ3) is 47.9. The minimum absolute atomic E-state index is 0. The van der Waals surface area contributed by atoms with E-state index >= 15 is 0 Å². The molecular weight excluding hydrogens is 256 g/mol. The van der Waals surface area contributed by atoms with Crippen LogP contribution in [0.1, 0.15) is 65.2 Å². The maximum atomic E-state index is 8.29. The molecule has 0 bridgehead atoms. The van der Waals surface area contributed by atoms with E-state index in [1.165, 1.54) is 38.5 Å². The first-order valence-electron chi connectivity index (χ1n) is 6.05. The Hall–Kier alpha value is 0.554. The number of rotatable bonds is 8. The van der Waals surface area contributed by atoms with Gasteiger partial charge in [0, 0.05) is 34.9 Å². The maximum Gasteiger partial charge on any atom is 0.0431 e. The average molecular weight is 288 g/mol. The fraction of sp³-hybridized carbons (Fsp3) is 1.00. The summed E-state index contributed by atoms with van der Waals surface area (Å²) >= 11 is 0. The van der Waals surface area contributed by atoms with Gasteiger partial charge in [-0.1, -0.05) is 52.4 Å². The Kier molecular flexibility index (Phi) is 64.6. The van der Waals surface area contributed by atoms with Crippen molar-refractivity contribution in [2.24, 2.45) is 0 Å². The van der Waals surface area contributed by atoms with Gasteiger partial charge in [-0.15, -0.1) is 0 Å². The van der Waals surface area contributed by atoms with Crippen molar-refractivity contribution >= 4 is 0 Å². The molecule has 0 heterocycles. The number of hydrogen-bond acceptors (Lipinski definition) is 2. The normalized spacial score (nSPS) is 7.76. The first-order valence-corrected chi connectivity index (χ1v) is 6.05. The number of hydrogen-bond donors (Lipinski definition) is 2. The van der Waals surface area contributed by atoms with Gasteiger partial charge in [0.25, 0.3) is 0 Å². The molecule has 0 saturated heterocycles. The van der Waals surface area contributed by atoms with Crippen molar-refractivity contribution in [2.45, 2.75) is 65.2 Å². The second kappa shape index (κ2) is 36.0. The summed E-state index contributed by atoms with van der Waals surface area (Å²) in [6, 6.07) is 0. The van der Waals surface area contributed by atoms with E-state index in [1.807, 2.05) is 0 Å². The van der Waals surface area contributed by atoms with Gasteiger partial charge in [0.2, 0.25) is 0 Å². The molecule has 0 spiro atoms. The zero-order chi connectivity index (χ0) is 11.1. The summed E-state index contributed by atoms with van der Waals surface area (Å²) in [5, 5.41) is 16.6. The number of aliphatic hydroxyl groups is 2. The van der Waals surface area contributed by atoms with Crippen LogP contribution in [0.2, 0.25) is 0 Å². The monoisotopic (exact) mass is 288 g/mol. The van der Waals surface area contributed by atoms with Crippen LogP contribution in [0.3, 0.4) is 0 Å². The summed E-state index contributed by atoms with van der Waals surface area (Å²) in [7, 11) is 0. The van der Waals surface area contributed by atoms with Crippen LogP contribution in [-0.2, 0) is 21.7 Å². The topological polar surface area (TPSA) is 103 Å². The Balaban J connectivity index is -0.0000000480. The van der Waals surface area contributed by atoms with Crippen molar-refractivity contribution in [2.75, 3.05) is 13.2 Å². The van der Waals surface area contributed by atoms with Crippen molar-refractivity contribution in [3.05, 3.63) is 0 Å². The molecule has 0 rings (SSSR count). The predicted molar refractivity (Wildman–Crippen MR) is 69.7 cm³/mol. The third-order valence-corrected chi connectivity index (χ3v) is 2.02. The zero-order valence-corrected chi connectivity index (χ0v) is 13.0. The predicted octanol–water partition coefficient (Wildman–Crippen LogP) is 1.47. The van der Waals surface area contributed by atoms with Gasteiger partial charge in [-0.2, -0.15) is 0 Å². The number of unbranched alkanes of at least 4 members (excludes halogenated alkanes) is 6. The maximum absolute atomic E-state index is 8.29. The van der Waals surface area contributed by atoms with Gasteiger partial charge in [-0.05, 0) is 12.8 Å². The minimum atomic E-state index is 0. The molecule has 6 N–H and O–H groups in total. The van der Waals surface area contributed by atoms with Crippen molar-refractivity contribution in [1.29, 1.82) is 0 Å². The third-order valence-electron chi connectivity index (χ3n) is 2.02. The van der Waals surface area contributed by atoms with Crippen LogP contribution in [-0.4, -0.2) is 34.4 Å². The quantitative estimate of drug-likeness (QED) is 0.521. The van der Waals surface area contributed by atoms with E-state index in [2.05, 4.69) is 13.8 Å². The standard InChI is InChI=1S/2C6H14O.2H2O.Ti/c2*1-2-3-4-5-6-7;;;/h2*7H,2-6H2,1H3;2*1H2;. The van der Waals surface area contributed by atoms with Gasteiger partial charge in [0.1, 0.15) is 0 Å². The smallest absolute Gasteiger partial charge is 0.0431 e. The molecule has 0 radical (unpaired) electrons. The van der Waals surface area contributed by atoms with E-state index in [4.69, 9.17) is 10.2 Å². The molecule has 4 nitrogen and oxygen atoms in total. The second-order valence-electron chi connectivity index (χ2n) is 3.57. The van der Waals surface area contributed by atoms with Crippen LogP contribution in [0, 0.1) is 0 Å². The fourth-order valence-electron chi connectivity index (χ4n) is 1.08. The Morgan fingerprint density at radius 1 is 0.588 bits per heavy atom. The molecule has 17 heavy (non-hydrogen) atoms. The molecule has 108 valence electrons. The van der Waals surface area contributed by atoms with Crippen LogP contribution in [0.15, 0.2) is 0 Å². The Bertz CT molecular complexity index is 66.9. The SMILES string of the molecule is CCCCCCO.CCCCCCO.O.O.[Ti]. The van der Waals surface area contributed by atoms with Crippen molar-refractivity contribution in [3.63, 3.8) is 0 Å². The minimum Gasteiger partial charge on any atom is -0.412 e. The second-order valence-corrected chi connectivity index (χ2v) is 3.57. The van der Waals surface area contributed by atoms with E-state index in [0.29, 0.717) is 13.2 Å². The number of aliphatic hydroxyl groups excluding tert-OH is 2. The van der Waals surface area contributed by atoms with E-state index in [1.54, 1.807) is 0 Å². The zero-order valence-electron chi connectivity index (χ0n) is 11.5. The van der Waals surface area contributed by atoms with E-state index in [-0.39, 0.29) is 32.7 Å². The van der Waals surface area contributed by atoms with Crippen molar-refractivity contribution in [1.82, 2.24) is 0 Å². The Morgan fingerprint density at radius 3 is 1.06 bits per heavy atom. The van der Waals surface area contributed by atoms with Crippen LogP contribution in [0.4, 0.5) is 0 Å². The molecule has 5 heteroatoms. The van der Waals surface area contributed by atoms with Gasteiger partial charge in [0.15, 0.2) is 0 Å². The van der Waals surface area contributed by atoms with Crippen LogP contribution in [0.25, 0.3) is 0 Å². The van der Waals surface area contributed by atoms with E-state index in [9.17, 15) is 0 Å². The summed E-state index contributed by atoms with van der Waals surface area (Å²) in [5.41, 5.74) is 0. The molecule has 0 aliphatic heterocycles. The molecule has 0 saturated carbocycles. The summed E-state index contributed by atoms with van der Waals surface area (Å²) in [6.45, 7) is 5.05. The van der Waals surface area contributed by atoms with Gasteiger partial charge >= 0.3 is 0 Å². The van der Waals surface area contributed by atoms with Crippen LogP contribution >= 0.6 is 0 Å². The first-order chi connectivity index (χ1) is 6.83. The molecule has 0 atom stereocenters. The molecule has 0 aromatic heterocycles. The van der Waals surface area contributed by atoms with Gasteiger partial charge in [-0.25, -0.2) is 0 Å². The van der Waals surface area contributed by atoms with E-state index in [0.717, 1.165) is 12.8 Å². The molecule has 0 aliphatic rings. The fourth-order valence-corrected chi connectivity index (χ4v) is 1.08. The Morgan fingerprint density at radius 2 is 0.882 bits per heavy atom. The van der Waals surface area contributed by atoms with Gasteiger partial charge < -0.3 is 21.2 Å². The van der Waals surface area contributed by atoms with Crippen molar-refractivity contribution < 1.29 is 42.9 Å². The molecule has 0 fully saturated rings. The van der Waals surface area contributed by atoms with Crippen molar-refractivity contribution in [3.8, 4) is 0 Å². The summed E-state index contributed by atoms with van der Waals surface area (Å²) in [4.78, 5) is 0. The largest absolute Gasteiger partial charge is 0.412 e. The molecule has 0 aromatic rings. The van der Waals surface area contributed by atoms with Gasteiger partial charge in [0.05, 0.1) is 0 Å². The average Bonchev–Trinajstić information content (AvgIpc) is 2.21. The molecular formula is C12H32O4Ti. The molecule has 0 amide bonds. The summed E-state index contributed by atoms with van der Waals surface area (Å²) in [5.74, 6) is 0. The Labute approximate surface area is 121 Å². The van der Waals surface area contributed by atoms with Gasteiger partial charge in [-0.3, -0.25) is 0 Å². The molecule has 0 aromatic carbocycles. The van der Waals surface area contributed by atoms with Crippen LogP contribution < -0.4 is 0 Å². The van der Waals surface area contributed by atoms with E-state index < -0.39 is 0 Å². The molecule has 0 aliphatic carbocycles. The first kappa shape index (κ1) is 30.5. The molecule has 0 unspecified atom stereocenters.